The number of alkyl halides is 3. The molecule has 2 aromatic rings. The SMILES string of the molecule is CC(C)Nc1n[nH]c2nc([C@H]3CCCN3C(=O)C3CCCCC3)cc(C(F)(F)F)c12. The minimum absolute atomic E-state index is 0.0147. The Morgan fingerprint density at radius 3 is 2.60 bits per heavy atom. The van der Waals surface area contributed by atoms with Crippen LogP contribution in [0.15, 0.2) is 6.07 Å². The molecule has 2 aliphatic rings. The van der Waals surface area contributed by atoms with Gasteiger partial charge in [-0.25, -0.2) is 4.98 Å². The second kappa shape index (κ2) is 8.07. The van der Waals surface area contributed by atoms with Crippen LogP contribution in [0.5, 0.6) is 0 Å². The molecule has 0 spiro atoms. The number of pyridine rings is 1. The van der Waals surface area contributed by atoms with Gasteiger partial charge in [0.05, 0.1) is 22.7 Å². The van der Waals surface area contributed by atoms with E-state index in [-0.39, 0.29) is 40.4 Å². The third-order valence-corrected chi connectivity index (χ3v) is 6.11. The molecule has 6 nitrogen and oxygen atoms in total. The number of amides is 1. The number of nitrogens with zero attached hydrogens (tertiary/aromatic N) is 3. The topological polar surface area (TPSA) is 73.9 Å². The van der Waals surface area contributed by atoms with Crippen molar-refractivity contribution in [2.75, 3.05) is 11.9 Å². The van der Waals surface area contributed by atoms with Gasteiger partial charge < -0.3 is 10.2 Å². The van der Waals surface area contributed by atoms with Crippen LogP contribution in [0.25, 0.3) is 11.0 Å². The maximum absolute atomic E-state index is 13.9. The van der Waals surface area contributed by atoms with E-state index in [4.69, 9.17) is 0 Å². The van der Waals surface area contributed by atoms with Gasteiger partial charge in [-0.2, -0.15) is 18.3 Å². The molecule has 0 bridgehead atoms. The Morgan fingerprint density at radius 2 is 1.93 bits per heavy atom. The van der Waals surface area contributed by atoms with Gasteiger partial charge in [0, 0.05) is 18.5 Å². The highest BCUT2D eigenvalue weighted by Gasteiger charge is 2.39. The number of fused-ring (bicyclic) bond motifs is 1. The summed E-state index contributed by atoms with van der Waals surface area (Å²) in [7, 11) is 0. The summed E-state index contributed by atoms with van der Waals surface area (Å²) in [5, 5.41) is 9.58. The van der Waals surface area contributed by atoms with Crippen molar-refractivity contribution in [3.63, 3.8) is 0 Å². The Kier molecular flexibility index (Phi) is 5.63. The number of hydrogen-bond acceptors (Lipinski definition) is 4. The Balaban J connectivity index is 1.72. The molecule has 2 N–H and O–H groups in total. The van der Waals surface area contributed by atoms with E-state index in [2.05, 4.69) is 20.5 Å². The van der Waals surface area contributed by atoms with Crippen LogP contribution in [0, 0.1) is 5.92 Å². The van der Waals surface area contributed by atoms with Crippen molar-refractivity contribution in [2.45, 2.75) is 77.1 Å². The van der Waals surface area contributed by atoms with E-state index in [1.54, 1.807) is 4.90 Å². The summed E-state index contributed by atoms with van der Waals surface area (Å²) in [6.45, 7) is 4.25. The van der Waals surface area contributed by atoms with Crippen molar-refractivity contribution in [3.05, 3.63) is 17.3 Å². The van der Waals surface area contributed by atoms with Crippen molar-refractivity contribution in [3.8, 4) is 0 Å². The number of carbonyl (C=O) groups is 1. The van der Waals surface area contributed by atoms with Gasteiger partial charge in [0.15, 0.2) is 11.5 Å². The van der Waals surface area contributed by atoms with Crippen LogP contribution in [0.2, 0.25) is 0 Å². The fourth-order valence-corrected chi connectivity index (χ4v) is 4.74. The number of aromatic amines is 1. The number of hydrogen-bond donors (Lipinski definition) is 2. The first kappa shape index (κ1) is 20.9. The van der Waals surface area contributed by atoms with Crippen molar-refractivity contribution in [2.24, 2.45) is 5.92 Å². The molecule has 0 unspecified atom stereocenters. The Labute approximate surface area is 173 Å². The smallest absolute Gasteiger partial charge is 0.366 e. The average molecular weight is 423 g/mol. The van der Waals surface area contributed by atoms with Gasteiger partial charge in [-0.3, -0.25) is 9.89 Å². The highest BCUT2D eigenvalue weighted by Crippen LogP contribution is 2.41. The maximum atomic E-state index is 13.9. The highest BCUT2D eigenvalue weighted by molar-refractivity contribution is 5.91. The van der Waals surface area contributed by atoms with Crippen molar-refractivity contribution in [1.29, 1.82) is 0 Å². The lowest BCUT2D eigenvalue weighted by Crippen LogP contribution is -2.37. The molecule has 30 heavy (non-hydrogen) atoms. The largest absolute Gasteiger partial charge is 0.417 e. The summed E-state index contributed by atoms with van der Waals surface area (Å²) in [6, 6.07) is 0.617. The third kappa shape index (κ3) is 3.98. The van der Waals surface area contributed by atoms with E-state index in [0.717, 1.165) is 44.6 Å². The summed E-state index contributed by atoms with van der Waals surface area (Å²) in [6.07, 6.45) is 1.80. The first-order chi connectivity index (χ1) is 14.3. The highest BCUT2D eigenvalue weighted by atomic mass is 19.4. The van der Waals surface area contributed by atoms with E-state index >= 15 is 0 Å². The third-order valence-electron chi connectivity index (χ3n) is 6.11. The van der Waals surface area contributed by atoms with Crippen LogP contribution < -0.4 is 5.32 Å². The molecule has 1 saturated carbocycles. The van der Waals surface area contributed by atoms with Crippen LogP contribution in [-0.2, 0) is 11.0 Å². The minimum Gasteiger partial charge on any atom is -0.366 e. The molecule has 164 valence electrons. The van der Waals surface area contributed by atoms with Crippen LogP contribution in [-0.4, -0.2) is 38.6 Å². The molecule has 1 aliphatic heterocycles. The number of aromatic nitrogens is 3. The summed E-state index contributed by atoms with van der Waals surface area (Å²) in [5.74, 6) is 0.200. The van der Waals surface area contributed by atoms with Crippen molar-refractivity contribution in [1.82, 2.24) is 20.1 Å². The zero-order valence-electron chi connectivity index (χ0n) is 17.4. The van der Waals surface area contributed by atoms with Gasteiger partial charge in [-0.05, 0) is 45.6 Å². The van der Waals surface area contributed by atoms with Gasteiger partial charge in [0.2, 0.25) is 5.91 Å². The van der Waals surface area contributed by atoms with Crippen LogP contribution >= 0.6 is 0 Å². The molecule has 1 aliphatic carbocycles. The maximum Gasteiger partial charge on any atom is 0.417 e. The Morgan fingerprint density at radius 1 is 1.20 bits per heavy atom. The van der Waals surface area contributed by atoms with Gasteiger partial charge >= 0.3 is 6.18 Å². The zero-order valence-corrected chi connectivity index (χ0v) is 17.4. The second-order valence-electron chi connectivity index (χ2n) is 8.71. The number of H-pyrrole nitrogens is 1. The van der Waals surface area contributed by atoms with E-state index in [9.17, 15) is 18.0 Å². The van der Waals surface area contributed by atoms with E-state index in [1.807, 2.05) is 13.8 Å². The Bertz CT molecular complexity index is 917. The normalized spacial score (nSPS) is 21.0. The number of likely N-dealkylation sites (tertiary alicyclic amines) is 1. The lowest BCUT2D eigenvalue weighted by Gasteiger charge is -2.30. The zero-order chi connectivity index (χ0) is 21.5. The van der Waals surface area contributed by atoms with Crippen LogP contribution in [0.4, 0.5) is 19.0 Å². The van der Waals surface area contributed by atoms with E-state index in [1.165, 1.54) is 0 Å². The van der Waals surface area contributed by atoms with Gasteiger partial charge in [0.1, 0.15) is 0 Å². The summed E-state index contributed by atoms with van der Waals surface area (Å²) in [4.78, 5) is 19.3. The van der Waals surface area contributed by atoms with Gasteiger partial charge in [-0.1, -0.05) is 19.3 Å². The molecule has 0 aromatic carbocycles. The summed E-state index contributed by atoms with van der Waals surface area (Å²) in [5.41, 5.74) is -0.382. The lowest BCUT2D eigenvalue weighted by molar-refractivity contribution is -0.137. The molecule has 1 atom stereocenters. The van der Waals surface area contributed by atoms with E-state index in [0.29, 0.717) is 13.0 Å². The number of anilines is 1. The number of halogens is 3. The second-order valence-corrected chi connectivity index (χ2v) is 8.71. The predicted molar refractivity (Wildman–Crippen MR) is 108 cm³/mol. The number of nitrogens with one attached hydrogen (secondary N) is 2. The molecule has 1 amide bonds. The molecule has 2 fully saturated rings. The van der Waals surface area contributed by atoms with Gasteiger partial charge in [-0.15, -0.1) is 0 Å². The first-order valence-electron chi connectivity index (χ1n) is 10.8. The molecule has 3 heterocycles. The standard InChI is InChI=1S/C21H28F3N5O/c1-12(2)25-18-17-14(21(22,23)24)11-15(26-19(17)28-27-18)16-9-6-10-29(16)20(30)13-7-4-3-5-8-13/h11-13,16H,3-10H2,1-2H3,(H2,25,26,27,28)/t16-/m1/s1. The fourth-order valence-electron chi connectivity index (χ4n) is 4.74. The summed E-state index contributed by atoms with van der Waals surface area (Å²) >= 11 is 0. The summed E-state index contributed by atoms with van der Waals surface area (Å²) < 4.78 is 41.8. The molecule has 2 aromatic heterocycles. The number of rotatable bonds is 4. The molecular weight excluding hydrogens is 395 g/mol. The number of carbonyl (C=O) groups excluding carboxylic acids is 1. The fraction of sp³-hybridized carbons (Fsp3) is 0.667. The molecule has 1 saturated heterocycles. The quantitative estimate of drug-likeness (QED) is 0.723. The molecule has 0 radical (unpaired) electrons. The lowest BCUT2D eigenvalue weighted by atomic mass is 9.88. The van der Waals surface area contributed by atoms with Crippen LogP contribution in [0.1, 0.15) is 76.1 Å². The minimum atomic E-state index is -4.55. The first-order valence-corrected chi connectivity index (χ1v) is 10.8. The molecule has 9 heteroatoms. The van der Waals surface area contributed by atoms with Crippen molar-refractivity contribution < 1.29 is 18.0 Å². The van der Waals surface area contributed by atoms with E-state index < -0.39 is 17.8 Å². The van der Waals surface area contributed by atoms with Crippen LogP contribution in [0.3, 0.4) is 0 Å². The van der Waals surface area contributed by atoms with Gasteiger partial charge in [0.25, 0.3) is 0 Å². The predicted octanol–water partition coefficient (Wildman–Crippen LogP) is 5.04. The molecule has 4 rings (SSSR count). The Hall–Kier alpha value is -2.32. The average Bonchev–Trinajstić information content (AvgIpc) is 3.34. The monoisotopic (exact) mass is 423 g/mol. The molecular formula is C21H28F3N5O. The van der Waals surface area contributed by atoms with Crippen molar-refractivity contribution >= 4 is 22.8 Å².